The number of aliphatic hydroxyl groups excluding tert-OH is 1. The SMILES string of the molecule is CC(C)C1CCC(O)CC1N1CCC(C)(C)C1=O. The second kappa shape index (κ2) is 4.84. The van der Waals surface area contributed by atoms with Crippen molar-refractivity contribution >= 4 is 5.91 Å². The molecule has 2 rings (SSSR count). The third-order valence-corrected chi connectivity index (χ3v) is 4.92. The molecule has 3 heteroatoms. The molecule has 2 fully saturated rings. The normalized spacial score (nSPS) is 36.4. The fourth-order valence-electron chi connectivity index (χ4n) is 3.60. The Morgan fingerprint density at radius 2 is 2.00 bits per heavy atom. The van der Waals surface area contributed by atoms with E-state index in [9.17, 15) is 9.90 Å². The summed E-state index contributed by atoms with van der Waals surface area (Å²) in [5.74, 6) is 1.41. The van der Waals surface area contributed by atoms with Gasteiger partial charge in [0.15, 0.2) is 0 Å². The van der Waals surface area contributed by atoms with E-state index in [0.717, 1.165) is 32.2 Å². The number of hydrogen-bond acceptors (Lipinski definition) is 2. The van der Waals surface area contributed by atoms with E-state index in [1.807, 2.05) is 13.8 Å². The van der Waals surface area contributed by atoms with Crippen molar-refractivity contribution in [2.24, 2.45) is 17.3 Å². The summed E-state index contributed by atoms with van der Waals surface area (Å²) in [6.45, 7) is 9.42. The van der Waals surface area contributed by atoms with E-state index in [2.05, 4.69) is 18.7 Å². The van der Waals surface area contributed by atoms with Crippen LogP contribution < -0.4 is 0 Å². The van der Waals surface area contributed by atoms with Gasteiger partial charge in [-0.1, -0.05) is 27.7 Å². The van der Waals surface area contributed by atoms with Crippen LogP contribution in [-0.2, 0) is 4.79 Å². The van der Waals surface area contributed by atoms with Gasteiger partial charge in [-0.25, -0.2) is 0 Å². The minimum atomic E-state index is -0.221. The van der Waals surface area contributed by atoms with Crippen LogP contribution in [0.4, 0.5) is 0 Å². The van der Waals surface area contributed by atoms with Gasteiger partial charge in [-0.3, -0.25) is 4.79 Å². The topological polar surface area (TPSA) is 40.5 Å². The van der Waals surface area contributed by atoms with E-state index in [-0.39, 0.29) is 23.5 Å². The monoisotopic (exact) mass is 253 g/mol. The highest BCUT2D eigenvalue weighted by molar-refractivity contribution is 5.84. The highest BCUT2D eigenvalue weighted by Gasteiger charge is 2.45. The van der Waals surface area contributed by atoms with Crippen molar-refractivity contribution in [2.75, 3.05) is 6.54 Å². The van der Waals surface area contributed by atoms with Crippen LogP contribution in [0.3, 0.4) is 0 Å². The molecule has 0 aromatic heterocycles. The third kappa shape index (κ3) is 2.42. The molecule has 104 valence electrons. The van der Waals surface area contributed by atoms with Gasteiger partial charge in [0.25, 0.3) is 0 Å². The summed E-state index contributed by atoms with van der Waals surface area (Å²) in [5, 5.41) is 9.92. The fraction of sp³-hybridized carbons (Fsp3) is 0.933. The first-order chi connectivity index (χ1) is 8.33. The zero-order chi connectivity index (χ0) is 13.5. The van der Waals surface area contributed by atoms with Crippen molar-refractivity contribution in [3.63, 3.8) is 0 Å². The van der Waals surface area contributed by atoms with E-state index in [0.29, 0.717) is 11.8 Å². The van der Waals surface area contributed by atoms with E-state index >= 15 is 0 Å². The Bertz CT molecular complexity index is 324. The summed E-state index contributed by atoms with van der Waals surface area (Å²) in [4.78, 5) is 14.5. The van der Waals surface area contributed by atoms with Gasteiger partial charge in [0.05, 0.1) is 6.10 Å². The lowest BCUT2D eigenvalue weighted by Gasteiger charge is -2.42. The van der Waals surface area contributed by atoms with Crippen molar-refractivity contribution in [1.82, 2.24) is 4.90 Å². The standard InChI is InChI=1S/C15H27NO2/c1-10(2)12-6-5-11(17)9-13(12)16-8-7-15(3,4)14(16)18/h10-13,17H,5-9H2,1-4H3. The zero-order valence-corrected chi connectivity index (χ0v) is 12.1. The number of rotatable bonds is 2. The van der Waals surface area contributed by atoms with Crippen LogP contribution in [0.1, 0.15) is 53.4 Å². The van der Waals surface area contributed by atoms with Crippen LogP contribution in [0.2, 0.25) is 0 Å². The summed E-state index contributed by atoms with van der Waals surface area (Å²) in [6, 6.07) is 0.253. The van der Waals surface area contributed by atoms with Crippen LogP contribution in [0.15, 0.2) is 0 Å². The summed E-state index contributed by atoms with van der Waals surface area (Å²) < 4.78 is 0. The van der Waals surface area contributed by atoms with Gasteiger partial charge in [0, 0.05) is 18.0 Å². The predicted molar refractivity (Wildman–Crippen MR) is 72.1 cm³/mol. The number of likely N-dealkylation sites (tertiary alicyclic amines) is 1. The first-order valence-electron chi connectivity index (χ1n) is 7.32. The number of nitrogens with zero attached hydrogens (tertiary/aromatic N) is 1. The van der Waals surface area contributed by atoms with Crippen molar-refractivity contribution < 1.29 is 9.90 Å². The molecule has 0 aromatic carbocycles. The van der Waals surface area contributed by atoms with Gasteiger partial charge in [-0.05, 0) is 37.5 Å². The Kier molecular flexibility index (Phi) is 3.72. The number of aliphatic hydroxyl groups is 1. The molecule has 1 saturated carbocycles. The average molecular weight is 253 g/mol. The molecule has 18 heavy (non-hydrogen) atoms. The Labute approximate surface area is 111 Å². The Morgan fingerprint density at radius 3 is 2.50 bits per heavy atom. The molecular weight excluding hydrogens is 226 g/mol. The first kappa shape index (κ1) is 13.9. The third-order valence-electron chi connectivity index (χ3n) is 4.92. The number of carbonyl (C=O) groups is 1. The second-order valence-electron chi connectivity index (χ2n) is 7.07. The molecule has 0 bridgehead atoms. The van der Waals surface area contributed by atoms with Crippen LogP contribution >= 0.6 is 0 Å². The number of carbonyl (C=O) groups excluding carboxylic acids is 1. The zero-order valence-electron chi connectivity index (χ0n) is 12.1. The maximum atomic E-state index is 12.4. The molecule has 3 nitrogen and oxygen atoms in total. The van der Waals surface area contributed by atoms with Gasteiger partial charge in [-0.15, -0.1) is 0 Å². The molecule has 0 spiro atoms. The highest BCUT2D eigenvalue weighted by atomic mass is 16.3. The van der Waals surface area contributed by atoms with Crippen molar-refractivity contribution in [1.29, 1.82) is 0 Å². The maximum absolute atomic E-state index is 12.4. The van der Waals surface area contributed by atoms with Gasteiger partial charge in [0.2, 0.25) is 5.91 Å². The summed E-state index contributed by atoms with van der Waals surface area (Å²) in [7, 11) is 0. The van der Waals surface area contributed by atoms with Crippen molar-refractivity contribution in [3.05, 3.63) is 0 Å². The minimum Gasteiger partial charge on any atom is -0.393 e. The molecule has 1 aliphatic heterocycles. The number of amides is 1. The van der Waals surface area contributed by atoms with Gasteiger partial charge >= 0.3 is 0 Å². The quantitative estimate of drug-likeness (QED) is 0.821. The van der Waals surface area contributed by atoms with E-state index in [1.165, 1.54) is 0 Å². The highest BCUT2D eigenvalue weighted by Crippen LogP contribution is 2.39. The van der Waals surface area contributed by atoms with E-state index < -0.39 is 0 Å². The van der Waals surface area contributed by atoms with Crippen molar-refractivity contribution in [3.8, 4) is 0 Å². The second-order valence-corrected chi connectivity index (χ2v) is 7.07. The smallest absolute Gasteiger partial charge is 0.228 e. The molecule has 3 atom stereocenters. The molecule has 1 saturated heterocycles. The summed E-state index contributed by atoms with van der Waals surface area (Å²) in [5.41, 5.74) is -0.204. The van der Waals surface area contributed by atoms with Crippen LogP contribution in [0.5, 0.6) is 0 Å². The molecule has 1 heterocycles. The molecule has 2 aliphatic rings. The van der Waals surface area contributed by atoms with E-state index in [1.54, 1.807) is 0 Å². The van der Waals surface area contributed by atoms with Crippen LogP contribution in [-0.4, -0.2) is 34.6 Å². The predicted octanol–water partition coefficient (Wildman–Crippen LogP) is 2.43. The lowest BCUT2D eigenvalue weighted by molar-refractivity contribution is -0.139. The molecular formula is C15H27NO2. The average Bonchev–Trinajstić information content (AvgIpc) is 2.53. The number of hydrogen-bond donors (Lipinski definition) is 1. The van der Waals surface area contributed by atoms with Gasteiger partial charge in [-0.2, -0.15) is 0 Å². The Hall–Kier alpha value is -0.570. The molecule has 1 N–H and O–H groups in total. The van der Waals surface area contributed by atoms with Crippen LogP contribution in [0, 0.1) is 17.3 Å². The molecule has 0 aromatic rings. The summed E-state index contributed by atoms with van der Waals surface area (Å²) in [6.07, 6.45) is 3.44. The molecule has 1 aliphatic carbocycles. The molecule has 0 radical (unpaired) electrons. The van der Waals surface area contributed by atoms with Gasteiger partial charge < -0.3 is 10.0 Å². The Balaban J connectivity index is 2.16. The summed E-state index contributed by atoms with van der Waals surface area (Å²) >= 11 is 0. The Morgan fingerprint density at radius 1 is 1.33 bits per heavy atom. The molecule has 3 unspecified atom stereocenters. The lowest BCUT2D eigenvalue weighted by atomic mass is 9.76. The largest absolute Gasteiger partial charge is 0.393 e. The van der Waals surface area contributed by atoms with Crippen molar-refractivity contribution in [2.45, 2.75) is 65.5 Å². The van der Waals surface area contributed by atoms with Crippen LogP contribution in [0.25, 0.3) is 0 Å². The van der Waals surface area contributed by atoms with E-state index in [4.69, 9.17) is 0 Å². The maximum Gasteiger partial charge on any atom is 0.228 e. The fourth-order valence-corrected chi connectivity index (χ4v) is 3.60. The lowest BCUT2D eigenvalue weighted by Crippen LogP contribution is -2.49. The minimum absolute atomic E-state index is 0.204. The first-order valence-corrected chi connectivity index (χ1v) is 7.32. The van der Waals surface area contributed by atoms with Gasteiger partial charge in [0.1, 0.15) is 0 Å². The molecule has 1 amide bonds.